The van der Waals surface area contributed by atoms with E-state index in [-0.39, 0.29) is 24.4 Å². The maximum absolute atomic E-state index is 12.3. The number of Topliss-reactive ketones (excluding diaryl/α,β-unsaturated/α-hetero) is 2. The molecule has 0 unspecified atom stereocenters. The first-order chi connectivity index (χ1) is 10.6. The molecule has 1 aliphatic rings. The topological polar surface area (TPSA) is 34.1 Å². The molecule has 22 heavy (non-hydrogen) atoms. The molecule has 3 rings (SSSR count). The van der Waals surface area contributed by atoms with Crippen molar-refractivity contribution >= 4 is 11.6 Å². The molecule has 0 saturated carbocycles. The van der Waals surface area contributed by atoms with Crippen molar-refractivity contribution in [3.05, 3.63) is 70.3 Å². The number of carbonyl (C=O) groups excluding carboxylic acids is 2. The molecule has 0 aromatic heterocycles. The molecule has 0 spiro atoms. The van der Waals surface area contributed by atoms with Crippen LogP contribution in [0.3, 0.4) is 0 Å². The second kappa shape index (κ2) is 6.27. The number of hydrogen-bond donors (Lipinski definition) is 0. The van der Waals surface area contributed by atoms with Crippen molar-refractivity contribution in [1.29, 1.82) is 0 Å². The van der Waals surface area contributed by atoms with Gasteiger partial charge in [0.2, 0.25) is 0 Å². The lowest BCUT2D eigenvalue weighted by molar-refractivity contribution is 0.0917. The van der Waals surface area contributed by atoms with E-state index in [1.165, 1.54) is 17.5 Å². The Morgan fingerprint density at radius 3 is 2.27 bits per heavy atom. The molecule has 0 radical (unpaired) electrons. The third-order valence-corrected chi connectivity index (χ3v) is 4.34. The van der Waals surface area contributed by atoms with Crippen LogP contribution in [0, 0.1) is 6.92 Å². The Bertz CT molecular complexity index is 728. The van der Waals surface area contributed by atoms with E-state index in [0.29, 0.717) is 5.56 Å². The van der Waals surface area contributed by atoms with Crippen LogP contribution in [0.5, 0.6) is 0 Å². The predicted molar refractivity (Wildman–Crippen MR) is 87.5 cm³/mol. The van der Waals surface area contributed by atoms with Crippen molar-refractivity contribution in [1.82, 2.24) is 0 Å². The molecule has 2 aromatic carbocycles. The van der Waals surface area contributed by atoms with E-state index in [2.05, 4.69) is 6.07 Å². The Hall–Kier alpha value is -2.22. The number of carbonyl (C=O) groups is 2. The molecule has 2 heteroatoms. The van der Waals surface area contributed by atoms with Gasteiger partial charge < -0.3 is 0 Å². The first-order valence-electron chi connectivity index (χ1n) is 7.88. The smallest absolute Gasteiger partial charge is 0.163 e. The molecule has 0 atom stereocenters. The van der Waals surface area contributed by atoms with Gasteiger partial charge in [0, 0.05) is 24.0 Å². The van der Waals surface area contributed by atoms with Crippen LogP contribution in [0.15, 0.2) is 42.5 Å². The largest absolute Gasteiger partial charge is 0.294 e. The van der Waals surface area contributed by atoms with E-state index in [9.17, 15) is 9.59 Å². The van der Waals surface area contributed by atoms with E-state index in [0.717, 1.165) is 24.0 Å². The highest BCUT2D eigenvalue weighted by molar-refractivity contribution is 6.02. The van der Waals surface area contributed by atoms with Crippen molar-refractivity contribution in [3.63, 3.8) is 0 Å². The highest BCUT2D eigenvalue weighted by Crippen LogP contribution is 2.23. The summed E-state index contributed by atoms with van der Waals surface area (Å²) in [6.07, 6.45) is 3.93. The van der Waals surface area contributed by atoms with Gasteiger partial charge in [-0.1, -0.05) is 35.9 Å². The van der Waals surface area contributed by atoms with Crippen LogP contribution in [0.2, 0.25) is 0 Å². The molecular weight excluding hydrogens is 272 g/mol. The summed E-state index contributed by atoms with van der Waals surface area (Å²) in [5, 5.41) is 0. The Morgan fingerprint density at radius 2 is 1.55 bits per heavy atom. The monoisotopic (exact) mass is 292 g/mol. The minimum Gasteiger partial charge on any atom is -0.294 e. The van der Waals surface area contributed by atoms with Crippen molar-refractivity contribution in [2.45, 2.75) is 39.0 Å². The summed E-state index contributed by atoms with van der Waals surface area (Å²) in [4.78, 5) is 24.5. The lowest BCUT2D eigenvalue weighted by atomic mass is 9.98. The van der Waals surface area contributed by atoms with Gasteiger partial charge in [0.05, 0.1) is 0 Å². The van der Waals surface area contributed by atoms with Gasteiger partial charge in [-0.25, -0.2) is 0 Å². The normalized spacial score (nSPS) is 13.0. The Balaban J connectivity index is 1.64. The van der Waals surface area contributed by atoms with E-state index < -0.39 is 0 Å². The van der Waals surface area contributed by atoms with E-state index >= 15 is 0 Å². The Morgan fingerprint density at radius 1 is 0.864 bits per heavy atom. The first kappa shape index (κ1) is 14.7. The van der Waals surface area contributed by atoms with Crippen LogP contribution in [-0.4, -0.2) is 11.6 Å². The number of benzene rings is 2. The molecule has 0 aliphatic heterocycles. The van der Waals surface area contributed by atoms with Crippen molar-refractivity contribution in [2.75, 3.05) is 0 Å². The summed E-state index contributed by atoms with van der Waals surface area (Å²) in [6.45, 7) is 1.96. The number of fused-ring (bicyclic) bond motifs is 1. The standard InChI is InChI=1S/C20H20O2/c1-14-4-2-7-17(12-14)19(21)10-11-20(22)18-9-8-15-5-3-6-16(15)13-18/h2,4,7-9,12-13H,3,5-6,10-11H2,1H3. The van der Waals surface area contributed by atoms with Crippen LogP contribution < -0.4 is 0 Å². The van der Waals surface area contributed by atoms with Gasteiger partial charge >= 0.3 is 0 Å². The van der Waals surface area contributed by atoms with E-state index in [1.54, 1.807) is 0 Å². The third kappa shape index (κ3) is 3.16. The first-order valence-corrected chi connectivity index (χ1v) is 7.88. The molecule has 0 amide bonds. The number of ketones is 2. The lowest BCUT2D eigenvalue weighted by Crippen LogP contribution is -2.06. The summed E-state index contributed by atoms with van der Waals surface area (Å²) in [6, 6.07) is 13.5. The Kier molecular flexibility index (Phi) is 4.19. The molecule has 0 heterocycles. The quantitative estimate of drug-likeness (QED) is 0.769. The number of rotatable bonds is 5. The zero-order chi connectivity index (χ0) is 15.5. The van der Waals surface area contributed by atoms with E-state index in [1.807, 2.05) is 43.3 Å². The number of hydrogen-bond acceptors (Lipinski definition) is 2. The maximum atomic E-state index is 12.3. The van der Waals surface area contributed by atoms with Crippen LogP contribution in [0.1, 0.15) is 56.7 Å². The van der Waals surface area contributed by atoms with E-state index in [4.69, 9.17) is 0 Å². The molecule has 2 nitrogen and oxygen atoms in total. The lowest BCUT2D eigenvalue weighted by Gasteiger charge is -2.05. The predicted octanol–water partition coefficient (Wildman–Crippen LogP) is 4.33. The number of aryl methyl sites for hydroxylation is 3. The van der Waals surface area contributed by atoms with Gasteiger partial charge in [0.1, 0.15) is 0 Å². The summed E-state index contributed by atoms with van der Waals surface area (Å²) < 4.78 is 0. The summed E-state index contributed by atoms with van der Waals surface area (Å²) in [5.41, 5.74) is 5.18. The molecule has 2 aromatic rings. The fourth-order valence-electron chi connectivity index (χ4n) is 3.08. The second-order valence-corrected chi connectivity index (χ2v) is 6.05. The summed E-state index contributed by atoms with van der Waals surface area (Å²) in [5.74, 6) is 0.105. The molecule has 0 fully saturated rings. The van der Waals surface area contributed by atoms with Gasteiger partial charge in [0.15, 0.2) is 11.6 Å². The molecule has 0 bridgehead atoms. The second-order valence-electron chi connectivity index (χ2n) is 6.05. The molecule has 0 N–H and O–H groups in total. The van der Waals surface area contributed by atoms with Crippen LogP contribution in [-0.2, 0) is 12.8 Å². The van der Waals surface area contributed by atoms with Crippen LogP contribution >= 0.6 is 0 Å². The molecule has 0 saturated heterocycles. The van der Waals surface area contributed by atoms with Crippen molar-refractivity contribution in [3.8, 4) is 0 Å². The molecule has 112 valence electrons. The van der Waals surface area contributed by atoms with Gasteiger partial charge in [-0.3, -0.25) is 9.59 Å². The highest BCUT2D eigenvalue weighted by Gasteiger charge is 2.15. The van der Waals surface area contributed by atoms with Gasteiger partial charge in [0.25, 0.3) is 0 Å². The highest BCUT2D eigenvalue weighted by atomic mass is 16.1. The van der Waals surface area contributed by atoms with Crippen LogP contribution in [0.4, 0.5) is 0 Å². The minimum atomic E-state index is 0.0400. The van der Waals surface area contributed by atoms with Gasteiger partial charge in [-0.05, 0) is 49.4 Å². The van der Waals surface area contributed by atoms with Crippen LogP contribution in [0.25, 0.3) is 0 Å². The molecular formula is C20H20O2. The zero-order valence-corrected chi connectivity index (χ0v) is 12.9. The van der Waals surface area contributed by atoms with Crippen molar-refractivity contribution < 1.29 is 9.59 Å². The fourth-order valence-corrected chi connectivity index (χ4v) is 3.08. The SMILES string of the molecule is Cc1cccc(C(=O)CCC(=O)c2ccc3c(c2)CCC3)c1. The average molecular weight is 292 g/mol. The fraction of sp³-hybridized carbons (Fsp3) is 0.300. The summed E-state index contributed by atoms with van der Waals surface area (Å²) in [7, 11) is 0. The maximum Gasteiger partial charge on any atom is 0.163 e. The van der Waals surface area contributed by atoms with Crippen molar-refractivity contribution in [2.24, 2.45) is 0 Å². The molecule has 1 aliphatic carbocycles. The van der Waals surface area contributed by atoms with Gasteiger partial charge in [-0.15, -0.1) is 0 Å². The zero-order valence-electron chi connectivity index (χ0n) is 12.9. The minimum absolute atomic E-state index is 0.0400. The average Bonchev–Trinajstić information content (AvgIpc) is 2.99. The summed E-state index contributed by atoms with van der Waals surface area (Å²) >= 11 is 0. The third-order valence-electron chi connectivity index (χ3n) is 4.34. The Labute approximate surface area is 131 Å². The van der Waals surface area contributed by atoms with Gasteiger partial charge in [-0.2, -0.15) is 0 Å².